The van der Waals surface area contributed by atoms with E-state index in [0.29, 0.717) is 5.88 Å². The molecule has 0 spiro atoms. The number of ketones is 1. The maximum atomic E-state index is 14.5. The van der Waals surface area contributed by atoms with Crippen molar-refractivity contribution in [3.63, 3.8) is 0 Å². The van der Waals surface area contributed by atoms with E-state index in [9.17, 15) is 28.7 Å². The Hall–Kier alpha value is -3.27. The zero-order chi connectivity index (χ0) is 34.2. The van der Waals surface area contributed by atoms with Crippen LogP contribution >= 0.6 is 7.60 Å². The highest BCUT2D eigenvalue weighted by atomic mass is 31.2. The molecule has 260 valence electrons. The van der Waals surface area contributed by atoms with Gasteiger partial charge < -0.3 is 28.9 Å². The molecule has 12 heteroatoms. The zero-order valence-corrected chi connectivity index (χ0v) is 28.7. The number of hydrogen-bond acceptors (Lipinski definition) is 8. The lowest BCUT2D eigenvalue weighted by molar-refractivity contribution is -0.152. The molecule has 6 rings (SSSR count). The fraction of sp³-hybridized carbons (Fsp3) is 0.611. The van der Waals surface area contributed by atoms with Crippen LogP contribution in [0.5, 0.6) is 11.6 Å². The lowest BCUT2D eigenvalue weighted by atomic mass is 9.86. The number of Topliss-reactive ketones (excluding diaryl/α,β-unsaturated/α-hetero) is 1. The molecule has 2 saturated carbocycles. The average molecular weight is 683 g/mol. The standard InChI is InChI=1S/C36H47N2O9P/c1-4-26-18-36(26,48(42,43)44)19-31(39)30-16-27-20-38(30)35(41)29(23-9-5-6-10-23)17-33(40)46-21-22(2)8-7-11-25-14-28-24(15-32(25)45-3)12-13-37-34(28)47-27/h4,12-15,22-23,26-27,29-30H,1,5-11,16-21H2,2-3H3,(H2,42,43,44)/t22-,26?,27-,29+,30+,36?/m1/s1. The molecule has 6 atom stereocenters. The van der Waals surface area contributed by atoms with Gasteiger partial charge in [-0.1, -0.05) is 25.8 Å². The van der Waals surface area contributed by atoms with Crippen LogP contribution in [0.4, 0.5) is 0 Å². The number of amides is 1. The van der Waals surface area contributed by atoms with Gasteiger partial charge in [0.15, 0.2) is 5.78 Å². The van der Waals surface area contributed by atoms with Gasteiger partial charge in [0.2, 0.25) is 11.8 Å². The van der Waals surface area contributed by atoms with E-state index in [-0.39, 0.29) is 56.6 Å². The molecule has 3 heterocycles. The molecule has 1 saturated heterocycles. The first-order valence-corrected chi connectivity index (χ1v) is 18.8. The van der Waals surface area contributed by atoms with E-state index in [1.165, 1.54) is 11.0 Å². The summed E-state index contributed by atoms with van der Waals surface area (Å²) in [5.74, 6) is -1.08. The molecule has 48 heavy (non-hydrogen) atoms. The third-order valence-electron chi connectivity index (χ3n) is 11.1. The number of carbonyl (C=O) groups is 3. The maximum absolute atomic E-state index is 14.5. The lowest BCUT2D eigenvalue weighted by Crippen LogP contribution is -2.46. The molecular formula is C36H47N2O9P. The highest BCUT2D eigenvalue weighted by Gasteiger charge is 2.65. The fourth-order valence-electron chi connectivity index (χ4n) is 8.20. The van der Waals surface area contributed by atoms with E-state index >= 15 is 0 Å². The largest absolute Gasteiger partial charge is 0.496 e. The Morgan fingerprint density at radius 1 is 1.21 bits per heavy atom. The Morgan fingerprint density at radius 2 is 1.98 bits per heavy atom. The molecule has 1 aromatic carbocycles. The minimum Gasteiger partial charge on any atom is -0.496 e. The minimum atomic E-state index is -4.65. The average Bonchev–Trinajstić information content (AvgIpc) is 3.35. The Balaban J connectivity index is 1.37. The summed E-state index contributed by atoms with van der Waals surface area (Å²) < 4.78 is 30.6. The van der Waals surface area contributed by atoms with Crippen LogP contribution in [0.1, 0.15) is 76.7 Å². The molecule has 2 aliphatic carbocycles. The Bertz CT molecular complexity index is 1620. The van der Waals surface area contributed by atoms with Gasteiger partial charge in [0, 0.05) is 24.4 Å². The molecule has 0 radical (unpaired) electrons. The normalized spacial score (nSPS) is 30.4. The van der Waals surface area contributed by atoms with Crippen molar-refractivity contribution in [2.45, 2.75) is 94.9 Å². The van der Waals surface area contributed by atoms with E-state index in [1.54, 1.807) is 13.3 Å². The van der Waals surface area contributed by atoms with Crippen LogP contribution < -0.4 is 9.47 Å². The quantitative estimate of drug-likeness (QED) is 0.221. The fourth-order valence-corrected chi connectivity index (χ4v) is 9.53. The van der Waals surface area contributed by atoms with E-state index < -0.39 is 48.5 Å². The van der Waals surface area contributed by atoms with E-state index in [2.05, 4.69) is 11.6 Å². The number of esters is 1. The van der Waals surface area contributed by atoms with Gasteiger partial charge in [-0.15, -0.1) is 6.58 Å². The van der Waals surface area contributed by atoms with Gasteiger partial charge >= 0.3 is 13.6 Å². The minimum absolute atomic E-state index is 0.0213. The molecule has 1 amide bonds. The number of hydrogen-bond donors (Lipinski definition) is 2. The molecule has 2 unspecified atom stereocenters. The summed E-state index contributed by atoms with van der Waals surface area (Å²) in [6.07, 6.45) is 8.34. The van der Waals surface area contributed by atoms with Gasteiger partial charge in [-0.3, -0.25) is 18.9 Å². The number of aromatic nitrogens is 1. The van der Waals surface area contributed by atoms with Gasteiger partial charge in [-0.25, -0.2) is 4.98 Å². The first-order valence-electron chi connectivity index (χ1n) is 17.2. The molecule has 3 fully saturated rings. The molecule has 1 aromatic heterocycles. The topological polar surface area (TPSA) is 153 Å². The molecule has 2 aromatic rings. The third-order valence-corrected chi connectivity index (χ3v) is 13.0. The number of aryl methyl sites for hydroxylation is 1. The van der Waals surface area contributed by atoms with Gasteiger partial charge in [0.25, 0.3) is 0 Å². The second-order valence-corrected chi connectivity index (χ2v) is 16.3. The summed E-state index contributed by atoms with van der Waals surface area (Å²) in [7, 11) is -3.02. The van der Waals surface area contributed by atoms with Crippen LogP contribution in [0.25, 0.3) is 10.8 Å². The Morgan fingerprint density at radius 3 is 2.67 bits per heavy atom. The predicted molar refractivity (Wildman–Crippen MR) is 179 cm³/mol. The molecular weight excluding hydrogens is 635 g/mol. The summed E-state index contributed by atoms with van der Waals surface area (Å²) >= 11 is 0. The predicted octanol–water partition coefficient (Wildman–Crippen LogP) is 5.39. The van der Waals surface area contributed by atoms with Crippen molar-refractivity contribution in [1.29, 1.82) is 0 Å². The summed E-state index contributed by atoms with van der Waals surface area (Å²) in [6, 6.07) is 4.89. The molecule has 4 aliphatic rings. The van der Waals surface area contributed by atoms with Crippen molar-refractivity contribution < 1.29 is 42.9 Å². The molecule has 11 nitrogen and oxygen atoms in total. The number of cyclic esters (lactones) is 1. The summed E-state index contributed by atoms with van der Waals surface area (Å²) in [6.45, 7) is 6.09. The first kappa shape index (κ1) is 34.6. The van der Waals surface area contributed by atoms with Crippen LogP contribution in [-0.2, 0) is 30.1 Å². The second kappa shape index (κ2) is 13.9. The number of pyridine rings is 1. The summed E-state index contributed by atoms with van der Waals surface area (Å²) in [4.78, 5) is 68.4. The monoisotopic (exact) mass is 682 g/mol. The van der Waals surface area contributed by atoms with Crippen molar-refractivity contribution in [1.82, 2.24) is 9.88 Å². The van der Waals surface area contributed by atoms with Crippen molar-refractivity contribution >= 4 is 36.0 Å². The van der Waals surface area contributed by atoms with E-state index in [0.717, 1.165) is 67.0 Å². The maximum Gasteiger partial charge on any atom is 0.332 e. The number of fused-ring (bicyclic) bond motifs is 3. The SMILES string of the molecule is C=CC1CC1(CC(=O)[C@@H]1C[C@@H]2CN1C(=O)[C@H](C1CCCC1)CC(=O)OC[C@H](C)CCCc1cc3c(nccc3cc1OC)O2)P(=O)(O)O. The number of allylic oxidation sites excluding steroid dienone is 1. The highest BCUT2D eigenvalue weighted by Crippen LogP contribution is 2.71. The number of carbonyl (C=O) groups excluding carboxylic acids is 3. The van der Waals surface area contributed by atoms with Crippen molar-refractivity contribution in [2.24, 2.45) is 23.7 Å². The summed E-state index contributed by atoms with van der Waals surface area (Å²) in [5.41, 5.74) is 0.993. The Labute approximate surface area is 281 Å². The van der Waals surface area contributed by atoms with Crippen LogP contribution in [0.2, 0.25) is 0 Å². The Kier molecular flexibility index (Phi) is 10.0. The number of ether oxygens (including phenoxy) is 3. The van der Waals surface area contributed by atoms with Crippen LogP contribution in [0, 0.1) is 23.7 Å². The number of rotatable bonds is 7. The second-order valence-electron chi connectivity index (χ2n) is 14.4. The molecule has 2 N–H and O–H groups in total. The number of methoxy groups -OCH3 is 1. The smallest absolute Gasteiger partial charge is 0.332 e. The molecule has 2 aliphatic heterocycles. The lowest BCUT2D eigenvalue weighted by Gasteiger charge is -2.31. The zero-order valence-electron chi connectivity index (χ0n) is 27.8. The van der Waals surface area contributed by atoms with Crippen molar-refractivity contribution in [3.8, 4) is 11.6 Å². The molecule has 4 bridgehead atoms. The third kappa shape index (κ3) is 6.92. The van der Waals surface area contributed by atoms with Gasteiger partial charge in [-0.2, -0.15) is 0 Å². The van der Waals surface area contributed by atoms with E-state index in [1.807, 2.05) is 25.1 Å². The van der Waals surface area contributed by atoms with Gasteiger partial charge in [0.1, 0.15) is 11.9 Å². The first-order chi connectivity index (χ1) is 22.9. The van der Waals surface area contributed by atoms with Crippen molar-refractivity contribution in [2.75, 3.05) is 20.3 Å². The highest BCUT2D eigenvalue weighted by molar-refractivity contribution is 7.54. The van der Waals surface area contributed by atoms with Gasteiger partial charge in [-0.05, 0) is 85.4 Å². The van der Waals surface area contributed by atoms with Crippen LogP contribution in [-0.4, -0.2) is 74.9 Å². The van der Waals surface area contributed by atoms with Crippen LogP contribution in [0.15, 0.2) is 37.1 Å². The number of nitrogens with zero attached hydrogens (tertiary/aromatic N) is 2. The van der Waals surface area contributed by atoms with Crippen LogP contribution in [0.3, 0.4) is 0 Å². The summed E-state index contributed by atoms with van der Waals surface area (Å²) in [5, 5.41) is 0.159. The number of benzene rings is 1. The van der Waals surface area contributed by atoms with Crippen molar-refractivity contribution in [3.05, 3.63) is 42.6 Å². The van der Waals surface area contributed by atoms with E-state index in [4.69, 9.17) is 14.2 Å². The van der Waals surface area contributed by atoms with Gasteiger partial charge in [0.05, 0.1) is 43.8 Å².